The number of carbonyl (C=O) groups is 2. The minimum atomic E-state index is -3.67. The topological polar surface area (TPSA) is 219 Å². The van der Waals surface area contributed by atoms with Crippen molar-refractivity contribution >= 4 is 49.3 Å². The first-order valence-corrected chi connectivity index (χ1v) is 15.8. The lowest BCUT2D eigenvalue weighted by atomic mass is 10.3. The maximum Gasteiger partial charge on any atom is 0.413 e. The molecule has 1 aromatic carbocycles. The summed E-state index contributed by atoms with van der Waals surface area (Å²) in [5, 5.41) is 8.33. The Labute approximate surface area is 240 Å². The van der Waals surface area contributed by atoms with Crippen LogP contribution in [0.15, 0.2) is 48.7 Å². The lowest BCUT2D eigenvalue weighted by Gasteiger charge is -2.09. The number of nitrogens with one attached hydrogen (secondary N) is 3. The predicted octanol–water partition coefficient (Wildman–Crippen LogP) is 2.42. The van der Waals surface area contributed by atoms with Gasteiger partial charge in [-0.2, -0.15) is 16.8 Å². The average molecular weight is 619 g/mol. The molecule has 41 heavy (non-hydrogen) atoms. The molecule has 0 saturated carbocycles. The number of imidazole rings is 1. The van der Waals surface area contributed by atoms with Crippen molar-refractivity contribution in [3.05, 3.63) is 54.4 Å². The molecule has 0 aliphatic carbocycles. The molecule has 3 rings (SSSR count). The number of benzene rings is 1. The number of pyridine rings is 1. The molecule has 230 valence electrons. The number of aromatic nitrogens is 3. The highest BCUT2D eigenvalue weighted by molar-refractivity contribution is 7.85. The van der Waals surface area contributed by atoms with Crippen LogP contribution in [0.4, 0.5) is 15.5 Å². The summed E-state index contributed by atoms with van der Waals surface area (Å²) in [7, 11) is -4.13. The van der Waals surface area contributed by atoms with E-state index in [4.69, 9.17) is 9.11 Å². The summed E-state index contributed by atoms with van der Waals surface area (Å²) in [6.45, 7) is 3.61. The fourth-order valence-corrected chi connectivity index (χ4v) is 2.71. The van der Waals surface area contributed by atoms with Gasteiger partial charge < -0.3 is 15.4 Å². The van der Waals surface area contributed by atoms with Gasteiger partial charge in [-0.1, -0.05) is 31.5 Å². The van der Waals surface area contributed by atoms with Crippen LogP contribution >= 0.6 is 0 Å². The Hall–Kier alpha value is -3.64. The van der Waals surface area contributed by atoms with Gasteiger partial charge in [-0.15, -0.1) is 0 Å². The smallest absolute Gasteiger partial charge is 0.413 e. The highest BCUT2D eigenvalue weighted by Crippen LogP contribution is 2.19. The number of anilines is 1. The maximum absolute atomic E-state index is 12.3. The molecule has 2 amide bonds. The van der Waals surface area contributed by atoms with E-state index in [1.54, 1.807) is 12.1 Å². The summed E-state index contributed by atoms with van der Waals surface area (Å²) in [6, 6.07) is 12.8. The molecule has 2 heterocycles. The number of para-hydroxylation sites is 2. The second-order valence-corrected chi connectivity index (χ2v) is 11.0. The van der Waals surface area contributed by atoms with Crippen LogP contribution in [0.1, 0.15) is 25.5 Å². The molecular formula is C24H38N6O9S2. The van der Waals surface area contributed by atoms with Gasteiger partial charge in [-0.25, -0.2) is 19.1 Å². The number of likely N-dealkylation sites (N-methyl/N-ethyl adjacent to an activating group) is 1. The van der Waals surface area contributed by atoms with Gasteiger partial charge >= 0.3 is 12.1 Å². The minimum Gasteiger partial charge on any atom is -0.453 e. The van der Waals surface area contributed by atoms with Crippen LogP contribution in [-0.4, -0.2) is 92.4 Å². The van der Waals surface area contributed by atoms with E-state index in [0.717, 1.165) is 31.5 Å². The van der Waals surface area contributed by atoms with Crippen LogP contribution in [0, 0.1) is 0 Å². The normalized spacial score (nSPS) is 10.5. The van der Waals surface area contributed by atoms with E-state index < -0.39 is 26.3 Å². The van der Waals surface area contributed by atoms with E-state index in [9.17, 15) is 26.4 Å². The minimum absolute atomic E-state index is 0.136. The van der Waals surface area contributed by atoms with Crippen molar-refractivity contribution in [1.82, 2.24) is 25.2 Å². The molecule has 0 saturated heterocycles. The van der Waals surface area contributed by atoms with Crippen LogP contribution in [0.2, 0.25) is 0 Å². The van der Waals surface area contributed by atoms with E-state index in [1.165, 1.54) is 11.7 Å². The van der Waals surface area contributed by atoms with Crippen LogP contribution in [0.5, 0.6) is 0 Å². The monoisotopic (exact) mass is 618 g/mol. The number of ether oxygens (including phenoxy) is 1. The number of rotatable bonds is 7. The third-order valence-corrected chi connectivity index (χ3v) is 4.33. The number of amides is 2. The molecule has 0 fully saturated rings. The molecule has 0 bridgehead atoms. The Morgan fingerprint density at radius 2 is 1.56 bits per heavy atom. The molecule has 2 aromatic heterocycles. The van der Waals surface area contributed by atoms with Gasteiger partial charge in [-0.05, 0) is 37.7 Å². The van der Waals surface area contributed by atoms with E-state index in [1.807, 2.05) is 50.5 Å². The van der Waals surface area contributed by atoms with Crippen LogP contribution in [0.25, 0.3) is 11.0 Å². The van der Waals surface area contributed by atoms with Gasteiger partial charge in [0.2, 0.25) is 5.95 Å². The Bertz CT molecular complexity index is 1370. The van der Waals surface area contributed by atoms with E-state index in [0.29, 0.717) is 30.1 Å². The van der Waals surface area contributed by atoms with Crippen LogP contribution in [-0.2, 0) is 31.4 Å². The molecular weight excluding hydrogens is 580 g/mol. The molecule has 0 atom stereocenters. The van der Waals surface area contributed by atoms with Crippen molar-refractivity contribution in [3.8, 4) is 0 Å². The number of hydrogen-bond donors (Lipinski definition) is 5. The number of carbonyl (C=O) groups excluding carboxylic acids is 2. The first-order valence-electron chi connectivity index (χ1n) is 12.1. The van der Waals surface area contributed by atoms with E-state index >= 15 is 0 Å². The molecule has 0 radical (unpaired) electrons. The molecule has 0 aliphatic heterocycles. The largest absolute Gasteiger partial charge is 0.453 e. The van der Waals surface area contributed by atoms with E-state index in [-0.39, 0.29) is 12.0 Å². The zero-order valence-corrected chi connectivity index (χ0v) is 25.2. The van der Waals surface area contributed by atoms with Crippen molar-refractivity contribution in [2.45, 2.75) is 26.2 Å². The van der Waals surface area contributed by atoms with Gasteiger partial charge in [0.15, 0.2) is 0 Å². The van der Waals surface area contributed by atoms with Crippen LogP contribution in [0.3, 0.4) is 0 Å². The van der Waals surface area contributed by atoms with Gasteiger partial charge in [0.25, 0.3) is 20.2 Å². The average Bonchev–Trinajstić information content (AvgIpc) is 3.24. The summed E-state index contributed by atoms with van der Waals surface area (Å²) >= 11 is 0. The third kappa shape index (κ3) is 20.0. The Morgan fingerprint density at radius 3 is 2.07 bits per heavy atom. The number of hydrogen-bond acceptors (Lipinski definition) is 10. The second kappa shape index (κ2) is 19.4. The zero-order valence-electron chi connectivity index (χ0n) is 23.6. The highest BCUT2D eigenvalue weighted by Gasteiger charge is 2.18. The highest BCUT2D eigenvalue weighted by atomic mass is 32.2. The standard InChI is InChI=1S/C14H18N4O3.C8H12N2.2CH4O3S/c1-3-4-9-15-13(19)18-11-8-6-5-7-10(11)16-12(18)17-14(20)21-2;1-9-7-5-8-4-2-3-6-10-8;2*1-5(2,3)4/h5-8H,3-4,9H2,1-2H3,(H,15,19)(H,16,17,20);2-4,6,9H,5,7H2,1H3;2*1H3,(H,2,3,4). The summed E-state index contributed by atoms with van der Waals surface area (Å²) < 4.78 is 57.6. The Morgan fingerprint density at radius 1 is 0.976 bits per heavy atom. The fraction of sp³-hybridized carbons (Fsp3) is 0.417. The SMILES string of the molecule is CCCCNC(=O)n1c(NC(=O)OC)nc2ccccc21.CNCCc1ccccn1.CS(=O)(=O)O.CS(=O)(=O)O. The Balaban J connectivity index is 0.000000658. The van der Waals surface area contributed by atoms with Crippen molar-refractivity contribution in [2.75, 3.05) is 45.1 Å². The van der Waals surface area contributed by atoms with Crippen molar-refractivity contribution < 1.29 is 40.3 Å². The summed E-state index contributed by atoms with van der Waals surface area (Å²) in [5.74, 6) is 0.136. The summed E-state index contributed by atoms with van der Waals surface area (Å²) in [4.78, 5) is 32.1. The van der Waals surface area contributed by atoms with Gasteiger partial charge in [0, 0.05) is 31.4 Å². The quantitative estimate of drug-likeness (QED) is 0.190. The molecule has 17 heteroatoms. The van der Waals surface area contributed by atoms with Gasteiger partial charge in [0.1, 0.15) is 0 Å². The Kier molecular flexibility index (Phi) is 17.7. The van der Waals surface area contributed by atoms with Crippen LogP contribution < -0.4 is 16.0 Å². The lowest BCUT2D eigenvalue weighted by Crippen LogP contribution is -2.31. The summed E-state index contributed by atoms with van der Waals surface area (Å²) in [6.07, 6.45) is 5.46. The second-order valence-electron chi connectivity index (χ2n) is 8.10. The third-order valence-electron chi connectivity index (χ3n) is 4.33. The molecule has 5 N–H and O–H groups in total. The van der Waals surface area contributed by atoms with Gasteiger partial charge in [0.05, 0.1) is 30.7 Å². The number of unbranched alkanes of at least 4 members (excludes halogenated alkanes) is 1. The molecule has 3 aromatic rings. The van der Waals surface area contributed by atoms with Gasteiger partial charge in [-0.3, -0.25) is 19.4 Å². The molecule has 0 aliphatic rings. The van der Waals surface area contributed by atoms with Crippen molar-refractivity contribution in [2.24, 2.45) is 0 Å². The first-order chi connectivity index (χ1) is 19.1. The molecule has 0 unspecified atom stereocenters. The van der Waals surface area contributed by atoms with Crippen molar-refractivity contribution in [3.63, 3.8) is 0 Å². The lowest BCUT2D eigenvalue weighted by molar-refractivity contribution is 0.186. The summed E-state index contributed by atoms with van der Waals surface area (Å²) in [5.41, 5.74) is 2.39. The zero-order chi connectivity index (χ0) is 31.5. The number of nitrogens with zero attached hydrogens (tertiary/aromatic N) is 3. The predicted molar refractivity (Wildman–Crippen MR) is 156 cm³/mol. The number of methoxy groups -OCH3 is 1. The molecule has 15 nitrogen and oxygen atoms in total. The fourth-order valence-electron chi connectivity index (χ4n) is 2.71. The van der Waals surface area contributed by atoms with E-state index in [2.05, 4.69) is 30.7 Å². The maximum atomic E-state index is 12.3. The number of fused-ring (bicyclic) bond motifs is 1. The molecule has 0 spiro atoms. The first kappa shape index (κ1) is 37.4. The van der Waals surface area contributed by atoms with Crippen molar-refractivity contribution in [1.29, 1.82) is 0 Å².